The number of carbonyl (C=O) groups is 1. The molecular formula is C15H22Cl3N3O. The third kappa shape index (κ3) is 4.66. The highest BCUT2D eigenvalue weighted by atomic mass is 35.5. The Kier molecular flexibility index (Phi) is 7.26. The summed E-state index contributed by atoms with van der Waals surface area (Å²) in [6, 6.07) is 5.08. The summed E-state index contributed by atoms with van der Waals surface area (Å²) in [6.45, 7) is 4.70. The van der Waals surface area contributed by atoms with E-state index in [1.54, 1.807) is 18.2 Å². The topological polar surface area (TPSA) is 49.6 Å². The van der Waals surface area contributed by atoms with Crippen molar-refractivity contribution in [3.8, 4) is 0 Å². The van der Waals surface area contributed by atoms with Gasteiger partial charge < -0.3 is 10.6 Å². The summed E-state index contributed by atoms with van der Waals surface area (Å²) >= 11 is 6.11. The number of amides is 1. The normalized spacial score (nSPS) is 18.3. The third-order valence-electron chi connectivity index (χ3n) is 4.10. The van der Waals surface area contributed by atoms with Crippen molar-refractivity contribution in [2.75, 3.05) is 38.5 Å². The maximum Gasteiger partial charge on any atom is 0.255 e. The molecule has 4 nitrogen and oxygen atoms in total. The Labute approximate surface area is 148 Å². The number of benzene rings is 1. The Bertz CT molecular complexity index is 515. The molecule has 1 heterocycles. The van der Waals surface area contributed by atoms with E-state index in [4.69, 9.17) is 17.3 Å². The number of halogens is 3. The monoisotopic (exact) mass is 365 g/mol. The molecule has 0 unspecified atom stereocenters. The molecule has 1 saturated carbocycles. The van der Waals surface area contributed by atoms with Gasteiger partial charge in [0, 0.05) is 38.4 Å². The highest BCUT2D eigenvalue weighted by molar-refractivity contribution is 6.34. The van der Waals surface area contributed by atoms with Crippen LogP contribution in [0.25, 0.3) is 0 Å². The van der Waals surface area contributed by atoms with Crippen LogP contribution in [0.3, 0.4) is 0 Å². The number of nitrogens with zero attached hydrogens (tertiary/aromatic N) is 2. The zero-order chi connectivity index (χ0) is 14.1. The van der Waals surface area contributed by atoms with Crippen LogP contribution in [-0.4, -0.2) is 48.4 Å². The number of carbonyl (C=O) groups excluding carboxylic acids is 1. The van der Waals surface area contributed by atoms with E-state index in [-0.39, 0.29) is 30.7 Å². The van der Waals surface area contributed by atoms with Crippen molar-refractivity contribution in [3.63, 3.8) is 0 Å². The minimum absolute atomic E-state index is 0. The largest absolute Gasteiger partial charge is 0.399 e. The second kappa shape index (κ2) is 8.25. The fraction of sp³-hybridized carbons (Fsp3) is 0.533. The fourth-order valence-corrected chi connectivity index (χ4v) is 2.94. The van der Waals surface area contributed by atoms with Crippen LogP contribution in [0.5, 0.6) is 0 Å². The van der Waals surface area contributed by atoms with E-state index in [9.17, 15) is 4.79 Å². The molecular weight excluding hydrogens is 345 g/mol. The molecule has 2 fully saturated rings. The van der Waals surface area contributed by atoms with Gasteiger partial charge >= 0.3 is 0 Å². The summed E-state index contributed by atoms with van der Waals surface area (Å²) in [5.41, 5.74) is 6.80. The smallest absolute Gasteiger partial charge is 0.255 e. The van der Waals surface area contributed by atoms with Crippen LogP contribution in [0.2, 0.25) is 5.02 Å². The zero-order valence-electron chi connectivity index (χ0n) is 12.3. The van der Waals surface area contributed by atoms with E-state index >= 15 is 0 Å². The average molecular weight is 367 g/mol. The van der Waals surface area contributed by atoms with Gasteiger partial charge in [0.2, 0.25) is 0 Å². The molecule has 2 N–H and O–H groups in total. The maximum absolute atomic E-state index is 12.5. The molecule has 0 radical (unpaired) electrons. The predicted octanol–water partition coefficient (Wildman–Crippen LogP) is 2.93. The molecule has 7 heteroatoms. The Morgan fingerprint density at radius 3 is 2.36 bits per heavy atom. The molecule has 0 bridgehead atoms. The molecule has 0 atom stereocenters. The predicted molar refractivity (Wildman–Crippen MR) is 95.4 cm³/mol. The fourth-order valence-electron chi connectivity index (χ4n) is 2.67. The number of hydrogen-bond donors (Lipinski definition) is 1. The van der Waals surface area contributed by atoms with Gasteiger partial charge in [-0.15, -0.1) is 24.8 Å². The van der Waals surface area contributed by atoms with Crippen LogP contribution < -0.4 is 5.73 Å². The lowest BCUT2D eigenvalue weighted by Gasteiger charge is -2.35. The first kappa shape index (κ1) is 19.4. The van der Waals surface area contributed by atoms with Crippen LogP contribution in [0.4, 0.5) is 5.69 Å². The summed E-state index contributed by atoms with van der Waals surface area (Å²) in [6.07, 6.45) is 2.75. The number of anilines is 1. The number of nitrogen functional groups attached to an aromatic ring is 1. The van der Waals surface area contributed by atoms with Crippen molar-refractivity contribution >= 4 is 48.0 Å². The Balaban J connectivity index is 0.00000121. The standard InChI is InChI=1S/C15H20ClN3O.2ClH/c16-14-9-12(17)3-4-13(14)15(20)19-7-5-18(6-8-19)10-11-1-2-11;;/h3-4,9,11H,1-2,5-8,10,17H2;2*1H. The first-order chi connectivity index (χ1) is 9.63. The summed E-state index contributed by atoms with van der Waals surface area (Å²) in [5.74, 6) is 0.921. The molecule has 1 aliphatic carbocycles. The van der Waals surface area contributed by atoms with Crippen molar-refractivity contribution in [3.05, 3.63) is 28.8 Å². The first-order valence-corrected chi connectivity index (χ1v) is 7.58. The lowest BCUT2D eigenvalue weighted by Crippen LogP contribution is -2.49. The minimum Gasteiger partial charge on any atom is -0.399 e. The van der Waals surface area contributed by atoms with Gasteiger partial charge in [-0.2, -0.15) is 0 Å². The van der Waals surface area contributed by atoms with E-state index in [0.29, 0.717) is 16.3 Å². The molecule has 0 spiro atoms. The van der Waals surface area contributed by atoms with Crippen molar-refractivity contribution in [2.45, 2.75) is 12.8 Å². The first-order valence-electron chi connectivity index (χ1n) is 7.20. The van der Waals surface area contributed by atoms with Crippen LogP contribution in [0.15, 0.2) is 18.2 Å². The average Bonchev–Trinajstić information content (AvgIpc) is 3.23. The molecule has 1 saturated heterocycles. The quantitative estimate of drug-likeness (QED) is 0.837. The van der Waals surface area contributed by atoms with Crippen LogP contribution >= 0.6 is 36.4 Å². The molecule has 0 aromatic heterocycles. The van der Waals surface area contributed by atoms with Gasteiger partial charge in [0.1, 0.15) is 0 Å². The van der Waals surface area contributed by atoms with Crippen molar-refractivity contribution in [1.29, 1.82) is 0 Å². The summed E-state index contributed by atoms with van der Waals surface area (Å²) in [7, 11) is 0. The van der Waals surface area contributed by atoms with E-state index in [2.05, 4.69) is 4.90 Å². The summed E-state index contributed by atoms with van der Waals surface area (Å²) in [4.78, 5) is 16.8. The molecule has 22 heavy (non-hydrogen) atoms. The van der Waals surface area contributed by atoms with Gasteiger partial charge in [0.25, 0.3) is 5.91 Å². The minimum atomic E-state index is 0. The van der Waals surface area contributed by atoms with Gasteiger partial charge in [-0.25, -0.2) is 0 Å². The van der Waals surface area contributed by atoms with E-state index in [0.717, 1.165) is 32.1 Å². The molecule has 1 aromatic carbocycles. The number of hydrogen-bond acceptors (Lipinski definition) is 3. The van der Waals surface area contributed by atoms with E-state index < -0.39 is 0 Å². The van der Waals surface area contributed by atoms with Gasteiger partial charge in [0.05, 0.1) is 10.6 Å². The van der Waals surface area contributed by atoms with Gasteiger partial charge in [-0.3, -0.25) is 9.69 Å². The number of rotatable bonds is 3. The Hall–Kier alpha value is -0.680. The van der Waals surface area contributed by atoms with E-state index in [1.807, 2.05) is 4.90 Å². The summed E-state index contributed by atoms with van der Waals surface area (Å²) < 4.78 is 0. The molecule has 124 valence electrons. The van der Waals surface area contributed by atoms with Crippen LogP contribution in [0.1, 0.15) is 23.2 Å². The van der Waals surface area contributed by atoms with Crippen molar-refractivity contribution in [2.24, 2.45) is 5.92 Å². The second-order valence-corrected chi connectivity index (χ2v) is 6.18. The van der Waals surface area contributed by atoms with Crippen molar-refractivity contribution < 1.29 is 4.79 Å². The number of piperazine rings is 1. The molecule has 1 amide bonds. The zero-order valence-corrected chi connectivity index (χ0v) is 14.7. The van der Waals surface area contributed by atoms with Crippen LogP contribution in [0, 0.1) is 5.92 Å². The Morgan fingerprint density at radius 2 is 1.82 bits per heavy atom. The third-order valence-corrected chi connectivity index (χ3v) is 4.41. The van der Waals surface area contributed by atoms with Gasteiger partial charge in [0.15, 0.2) is 0 Å². The highest BCUT2D eigenvalue weighted by Gasteiger charge is 2.28. The summed E-state index contributed by atoms with van der Waals surface area (Å²) in [5, 5.41) is 0.440. The highest BCUT2D eigenvalue weighted by Crippen LogP contribution is 2.30. The molecule has 3 rings (SSSR count). The van der Waals surface area contributed by atoms with Gasteiger partial charge in [-0.05, 0) is 37.0 Å². The molecule has 1 aliphatic heterocycles. The second-order valence-electron chi connectivity index (χ2n) is 5.78. The molecule has 1 aromatic rings. The SMILES string of the molecule is Cl.Cl.Nc1ccc(C(=O)N2CCN(CC3CC3)CC2)c(Cl)c1. The van der Waals surface area contributed by atoms with Crippen molar-refractivity contribution in [1.82, 2.24) is 9.80 Å². The maximum atomic E-state index is 12.5. The lowest BCUT2D eigenvalue weighted by molar-refractivity contribution is 0.0632. The van der Waals surface area contributed by atoms with Gasteiger partial charge in [-0.1, -0.05) is 11.6 Å². The number of nitrogens with two attached hydrogens (primary N) is 1. The lowest BCUT2D eigenvalue weighted by atomic mass is 10.1. The Morgan fingerprint density at radius 1 is 1.18 bits per heavy atom. The van der Waals surface area contributed by atoms with Crippen LogP contribution in [-0.2, 0) is 0 Å². The molecule has 2 aliphatic rings. The van der Waals surface area contributed by atoms with E-state index in [1.165, 1.54) is 19.4 Å².